The number of nitrogens with one attached hydrogen (secondary N) is 1. The standard InChI is InChI=1S/C27H46N4O3S/c28-26(29)21-11-10-20-16-25(27(32)30-13-12-19-6-4-5-7-22(19)18-30)31(24(20)17-21)14-15-35(33,34)23-8-2-1-3-9-23/h19-25H,1-18H2,(H3,28,29). The smallest absolute Gasteiger partial charge is 0.239 e. The Hall–Kier alpha value is -1.15. The van der Waals surface area contributed by atoms with Crippen molar-refractivity contribution >= 4 is 21.6 Å². The van der Waals surface area contributed by atoms with E-state index in [4.69, 9.17) is 11.1 Å². The highest BCUT2D eigenvalue weighted by atomic mass is 32.2. The van der Waals surface area contributed by atoms with Crippen molar-refractivity contribution in [3.8, 4) is 0 Å². The lowest BCUT2D eigenvalue weighted by Crippen LogP contribution is -2.53. The summed E-state index contributed by atoms with van der Waals surface area (Å²) < 4.78 is 26.5. The molecule has 198 valence electrons. The average Bonchev–Trinajstić information content (AvgIpc) is 3.25. The molecule has 3 N–H and O–H groups in total. The minimum Gasteiger partial charge on any atom is -0.387 e. The first kappa shape index (κ1) is 25.5. The summed E-state index contributed by atoms with van der Waals surface area (Å²) >= 11 is 0. The molecule has 5 rings (SSSR count). The zero-order chi connectivity index (χ0) is 24.6. The number of hydrogen-bond donors (Lipinski definition) is 2. The highest BCUT2D eigenvalue weighted by Gasteiger charge is 2.49. The van der Waals surface area contributed by atoms with Gasteiger partial charge in [-0.1, -0.05) is 38.5 Å². The lowest BCUT2D eigenvalue weighted by atomic mass is 9.75. The Morgan fingerprint density at radius 2 is 1.57 bits per heavy atom. The Morgan fingerprint density at radius 1 is 0.857 bits per heavy atom. The van der Waals surface area contributed by atoms with Crippen LogP contribution in [0, 0.1) is 29.1 Å². The van der Waals surface area contributed by atoms with Gasteiger partial charge in [0.1, 0.15) is 0 Å². The minimum atomic E-state index is -3.16. The Morgan fingerprint density at radius 3 is 2.31 bits per heavy atom. The van der Waals surface area contributed by atoms with E-state index in [0.717, 1.165) is 83.2 Å². The van der Waals surface area contributed by atoms with Crippen LogP contribution in [0.5, 0.6) is 0 Å². The van der Waals surface area contributed by atoms with Crippen molar-refractivity contribution in [2.75, 3.05) is 25.4 Å². The van der Waals surface area contributed by atoms with Crippen molar-refractivity contribution in [1.29, 1.82) is 5.41 Å². The number of carbonyl (C=O) groups is 1. The Balaban J connectivity index is 1.31. The van der Waals surface area contributed by atoms with Gasteiger partial charge in [-0.3, -0.25) is 15.1 Å². The zero-order valence-electron chi connectivity index (χ0n) is 21.4. The second-order valence-corrected chi connectivity index (χ2v) is 14.7. The monoisotopic (exact) mass is 506 g/mol. The Kier molecular flexibility index (Phi) is 7.78. The van der Waals surface area contributed by atoms with Crippen molar-refractivity contribution in [3.63, 3.8) is 0 Å². The first-order chi connectivity index (χ1) is 16.8. The van der Waals surface area contributed by atoms with Crippen molar-refractivity contribution in [2.45, 2.75) is 107 Å². The van der Waals surface area contributed by atoms with Crippen LogP contribution in [-0.2, 0) is 14.6 Å². The molecule has 0 radical (unpaired) electrons. The minimum absolute atomic E-state index is 0.0561. The maximum Gasteiger partial charge on any atom is 0.239 e. The lowest BCUT2D eigenvalue weighted by molar-refractivity contribution is -0.139. The normalized spacial score (nSPS) is 37.0. The van der Waals surface area contributed by atoms with E-state index in [0.29, 0.717) is 18.4 Å². The summed E-state index contributed by atoms with van der Waals surface area (Å²) in [4.78, 5) is 18.3. The molecule has 35 heavy (non-hydrogen) atoms. The summed E-state index contributed by atoms with van der Waals surface area (Å²) in [6.07, 6.45) is 14.6. The molecule has 5 aliphatic rings. The van der Waals surface area contributed by atoms with Crippen molar-refractivity contribution < 1.29 is 13.2 Å². The van der Waals surface area contributed by atoms with Gasteiger partial charge in [-0.15, -0.1) is 0 Å². The highest BCUT2D eigenvalue weighted by Crippen LogP contribution is 2.43. The number of carbonyl (C=O) groups excluding carboxylic acids is 1. The number of piperidine rings is 1. The first-order valence-corrected chi connectivity index (χ1v) is 16.1. The van der Waals surface area contributed by atoms with E-state index in [-0.39, 0.29) is 40.7 Å². The predicted molar refractivity (Wildman–Crippen MR) is 139 cm³/mol. The third-order valence-electron chi connectivity index (χ3n) is 10.3. The van der Waals surface area contributed by atoms with Crippen LogP contribution in [0.2, 0.25) is 0 Å². The SMILES string of the molecule is N=C(N)C1CCC2CC(C(=O)N3CCC4CCCCC4C3)N(CCS(=O)(=O)C3CCCCC3)C2C1. The van der Waals surface area contributed by atoms with E-state index in [2.05, 4.69) is 9.80 Å². The molecule has 0 aromatic carbocycles. The molecule has 2 aliphatic heterocycles. The van der Waals surface area contributed by atoms with Gasteiger partial charge in [-0.05, 0) is 69.1 Å². The van der Waals surface area contributed by atoms with Gasteiger partial charge in [-0.25, -0.2) is 8.42 Å². The third kappa shape index (κ3) is 5.43. The quantitative estimate of drug-likeness (QED) is 0.423. The van der Waals surface area contributed by atoms with Crippen LogP contribution in [0.4, 0.5) is 0 Å². The molecule has 3 saturated carbocycles. The number of sulfone groups is 1. The number of likely N-dealkylation sites (tertiary alicyclic amines) is 2. The predicted octanol–water partition coefficient (Wildman–Crippen LogP) is 3.57. The second-order valence-electron chi connectivity index (χ2n) is 12.3. The molecule has 5 fully saturated rings. The van der Waals surface area contributed by atoms with Crippen molar-refractivity contribution in [3.05, 3.63) is 0 Å². The zero-order valence-corrected chi connectivity index (χ0v) is 22.2. The van der Waals surface area contributed by atoms with Crippen LogP contribution in [0.1, 0.15) is 89.9 Å². The van der Waals surface area contributed by atoms with Gasteiger partial charge in [0.2, 0.25) is 5.91 Å². The maximum atomic E-state index is 13.9. The first-order valence-electron chi connectivity index (χ1n) is 14.4. The molecule has 0 spiro atoms. The fourth-order valence-electron chi connectivity index (χ4n) is 8.23. The maximum absolute atomic E-state index is 13.9. The number of nitrogens with two attached hydrogens (primary N) is 1. The molecule has 0 bridgehead atoms. The summed E-state index contributed by atoms with van der Waals surface area (Å²) in [5.41, 5.74) is 5.90. The summed E-state index contributed by atoms with van der Waals surface area (Å²) in [5.74, 6) is 2.52. The molecule has 6 unspecified atom stereocenters. The van der Waals surface area contributed by atoms with E-state index >= 15 is 0 Å². The van der Waals surface area contributed by atoms with Crippen molar-refractivity contribution in [1.82, 2.24) is 9.80 Å². The van der Waals surface area contributed by atoms with Crippen LogP contribution in [0.15, 0.2) is 0 Å². The molecule has 1 amide bonds. The van der Waals surface area contributed by atoms with E-state index < -0.39 is 9.84 Å². The second kappa shape index (κ2) is 10.7. The number of amidine groups is 1. The topological polar surface area (TPSA) is 108 Å². The molecule has 2 saturated heterocycles. The Bertz CT molecular complexity index is 887. The number of rotatable bonds is 6. The highest BCUT2D eigenvalue weighted by molar-refractivity contribution is 7.92. The van der Waals surface area contributed by atoms with Gasteiger partial charge < -0.3 is 10.6 Å². The van der Waals surface area contributed by atoms with Crippen LogP contribution in [-0.4, -0.2) is 72.7 Å². The Labute approximate surface area is 212 Å². The molecule has 0 aromatic rings. The fourth-order valence-corrected chi connectivity index (χ4v) is 10.1. The fraction of sp³-hybridized carbons (Fsp3) is 0.926. The van der Waals surface area contributed by atoms with E-state index in [9.17, 15) is 13.2 Å². The summed E-state index contributed by atoms with van der Waals surface area (Å²) in [7, 11) is -3.16. The third-order valence-corrected chi connectivity index (χ3v) is 12.6. The van der Waals surface area contributed by atoms with Crippen molar-refractivity contribution in [2.24, 2.45) is 29.4 Å². The average molecular weight is 507 g/mol. The largest absolute Gasteiger partial charge is 0.387 e. The summed E-state index contributed by atoms with van der Waals surface area (Å²) in [5, 5.41) is 7.81. The van der Waals surface area contributed by atoms with Gasteiger partial charge in [0.05, 0.1) is 22.9 Å². The molecular weight excluding hydrogens is 460 g/mol. The number of nitrogens with zero attached hydrogens (tertiary/aromatic N) is 2. The lowest BCUT2D eigenvalue weighted by Gasteiger charge is -2.43. The molecule has 0 aromatic heterocycles. The van der Waals surface area contributed by atoms with E-state index in [1.807, 2.05) is 0 Å². The molecule has 3 aliphatic carbocycles. The van der Waals surface area contributed by atoms with Gasteiger partial charge in [0, 0.05) is 31.6 Å². The number of fused-ring (bicyclic) bond motifs is 2. The van der Waals surface area contributed by atoms with Gasteiger partial charge in [0.25, 0.3) is 0 Å². The molecule has 7 nitrogen and oxygen atoms in total. The van der Waals surface area contributed by atoms with Gasteiger partial charge >= 0.3 is 0 Å². The number of hydrogen-bond acceptors (Lipinski definition) is 5. The molecular formula is C27H46N4O3S. The van der Waals surface area contributed by atoms with E-state index in [1.54, 1.807) is 0 Å². The van der Waals surface area contributed by atoms with Gasteiger partial charge in [-0.2, -0.15) is 0 Å². The summed E-state index contributed by atoms with van der Waals surface area (Å²) in [6, 6.07) is -0.0437. The summed E-state index contributed by atoms with van der Waals surface area (Å²) in [6.45, 7) is 2.19. The van der Waals surface area contributed by atoms with Crippen LogP contribution < -0.4 is 5.73 Å². The molecule has 8 heteroatoms. The van der Waals surface area contributed by atoms with Gasteiger partial charge in [0.15, 0.2) is 9.84 Å². The molecule has 2 heterocycles. The molecule has 6 atom stereocenters. The number of amides is 1. The van der Waals surface area contributed by atoms with E-state index in [1.165, 1.54) is 25.7 Å². The van der Waals surface area contributed by atoms with Crippen LogP contribution >= 0.6 is 0 Å². The van der Waals surface area contributed by atoms with Crippen LogP contribution in [0.25, 0.3) is 0 Å². The van der Waals surface area contributed by atoms with Crippen LogP contribution in [0.3, 0.4) is 0 Å².